The Kier molecular flexibility index (Phi) is 9.84. The predicted octanol–water partition coefficient (Wildman–Crippen LogP) is 8.57. The van der Waals surface area contributed by atoms with Crippen molar-refractivity contribution < 1.29 is 14.0 Å². The number of hydrogen-bond acceptors (Lipinski definition) is 6. The van der Waals surface area contributed by atoms with E-state index in [0.29, 0.717) is 28.9 Å². The molecule has 2 aromatic carbocycles. The van der Waals surface area contributed by atoms with Crippen LogP contribution in [-0.2, 0) is 15.0 Å². The van der Waals surface area contributed by atoms with Crippen molar-refractivity contribution in [1.29, 1.82) is 0 Å². The molecule has 10 heteroatoms. The van der Waals surface area contributed by atoms with Crippen LogP contribution in [-0.4, -0.2) is 59.0 Å². The number of anilines is 1. The van der Waals surface area contributed by atoms with Crippen LogP contribution in [0.2, 0.25) is 0 Å². The molecule has 2 saturated carbocycles. The van der Waals surface area contributed by atoms with E-state index in [1.54, 1.807) is 12.1 Å². The second-order valence-electron chi connectivity index (χ2n) is 17.7. The fourth-order valence-corrected chi connectivity index (χ4v) is 11.8. The fraction of sp³-hybridized carbons (Fsp3) is 0.522. The van der Waals surface area contributed by atoms with E-state index in [1.807, 2.05) is 25.1 Å². The van der Waals surface area contributed by atoms with E-state index in [0.717, 1.165) is 106 Å². The number of halogens is 2. The van der Waals surface area contributed by atoms with Gasteiger partial charge in [0.2, 0.25) is 11.8 Å². The van der Waals surface area contributed by atoms with E-state index >= 15 is 4.39 Å². The van der Waals surface area contributed by atoms with Crippen molar-refractivity contribution in [3.63, 3.8) is 0 Å². The number of fused-ring (bicyclic) bond motifs is 5. The van der Waals surface area contributed by atoms with E-state index in [2.05, 4.69) is 44.5 Å². The van der Waals surface area contributed by atoms with Crippen molar-refractivity contribution in [3.05, 3.63) is 99.0 Å². The molecule has 3 aromatic rings. The van der Waals surface area contributed by atoms with Gasteiger partial charge in [-0.05, 0) is 130 Å². The molecule has 9 rings (SSSR count). The number of nitrogens with one attached hydrogen (secondary N) is 1. The molecule has 1 unspecified atom stereocenters. The largest absolute Gasteiger partial charge is 0.371 e. The number of piperidine rings is 3. The summed E-state index contributed by atoms with van der Waals surface area (Å²) in [6, 6.07) is 12.4. The number of nitrogens with zero attached hydrogens (tertiary/aromatic N) is 4. The standard InChI is InChI=1S/C46H53ClFN5O3/c1-3-7-38-41(29(2)47)43(56)50-44-46(16-5-4-6-17-46)36-12-8-32(24-39(36)53(38)44)31-14-20-51(21-15-31)28-30-26-45(27-30)18-22-52(23-19-45)33-9-10-34(37(48)25-33)35-11-13-40(54)49-42(35)55/h3,7-10,12,24-25,30-31,35H,2,4-6,11,13-23,26-28H2,1H3,(H,49,54,55)/b7-3-. The van der Waals surface area contributed by atoms with Crippen LogP contribution in [0.25, 0.3) is 16.8 Å². The number of rotatable bonds is 7. The minimum atomic E-state index is -0.606. The number of likely N-dealkylation sites (tertiary alicyclic amines) is 1. The Morgan fingerprint density at radius 1 is 0.982 bits per heavy atom. The number of hydrogen-bond donors (Lipinski definition) is 1. The average molecular weight is 778 g/mol. The molecule has 1 N–H and O–H groups in total. The second-order valence-corrected chi connectivity index (χ2v) is 18.2. The quantitative estimate of drug-likeness (QED) is 0.242. The summed E-state index contributed by atoms with van der Waals surface area (Å²) >= 11 is 6.46. The number of aromatic nitrogens is 2. The normalized spacial score (nSPS) is 23.7. The van der Waals surface area contributed by atoms with Crippen LogP contribution in [0.5, 0.6) is 0 Å². The zero-order valence-electron chi connectivity index (χ0n) is 32.6. The summed E-state index contributed by atoms with van der Waals surface area (Å²) in [4.78, 5) is 47.1. The number of amides is 2. The third-order valence-electron chi connectivity index (χ3n) is 14.4. The molecule has 294 valence electrons. The van der Waals surface area contributed by atoms with Crippen LogP contribution in [0.3, 0.4) is 0 Å². The first-order valence-corrected chi connectivity index (χ1v) is 21.4. The lowest BCUT2D eigenvalue weighted by atomic mass is 9.57. The Labute approximate surface area is 334 Å². The molecular formula is C46H53ClFN5O3. The van der Waals surface area contributed by atoms with Gasteiger partial charge in [-0.2, -0.15) is 4.98 Å². The average Bonchev–Trinajstić information content (AvgIpc) is 3.42. The lowest BCUT2D eigenvalue weighted by Crippen LogP contribution is -2.50. The van der Waals surface area contributed by atoms with Gasteiger partial charge in [-0.3, -0.25) is 24.3 Å². The highest BCUT2D eigenvalue weighted by Crippen LogP contribution is 2.54. The highest BCUT2D eigenvalue weighted by Gasteiger charge is 2.48. The second kappa shape index (κ2) is 14.7. The molecule has 2 aliphatic carbocycles. The van der Waals surface area contributed by atoms with Crippen molar-refractivity contribution in [1.82, 2.24) is 19.8 Å². The summed E-state index contributed by atoms with van der Waals surface area (Å²) < 4.78 is 17.5. The Morgan fingerprint density at radius 3 is 2.41 bits per heavy atom. The van der Waals surface area contributed by atoms with Crippen molar-refractivity contribution in [2.45, 2.75) is 108 Å². The lowest BCUT2D eigenvalue weighted by Gasteiger charge is -2.54. The van der Waals surface area contributed by atoms with Gasteiger partial charge in [0.1, 0.15) is 11.6 Å². The summed E-state index contributed by atoms with van der Waals surface area (Å²) in [5.74, 6) is 0.441. The Bertz CT molecular complexity index is 2160. The number of carbonyl (C=O) groups is 2. The van der Waals surface area contributed by atoms with Crippen LogP contribution >= 0.6 is 11.6 Å². The van der Waals surface area contributed by atoms with Gasteiger partial charge in [0.05, 0.1) is 28.3 Å². The van der Waals surface area contributed by atoms with Crippen LogP contribution < -0.4 is 15.8 Å². The van der Waals surface area contributed by atoms with Crippen LogP contribution in [0.15, 0.2) is 53.8 Å². The van der Waals surface area contributed by atoms with E-state index in [4.69, 9.17) is 16.6 Å². The van der Waals surface area contributed by atoms with Gasteiger partial charge in [0.15, 0.2) is 0 Å². The Balaban J connectivity index is 0.819. The van der Waals surface area contributed by atoms with Gasteiger partial charge in [-0.15, -0.1) is 0 Å². The lowest BCUT2D eigenvalue weighted by molar-refractivity contribution is -0.134. The molecule has 6 aliphatic rings. The van der Waals surface area contributed by atoms with Crippen LogP contribution in [0, 0.1) is 17.2 Å². The van der Waals surface area contributed by atoms with E-state index < -0.39 is 11.8 Å². The van der Waals surface area contributed by atoms with Crippen molar-refractivity contribution >= 4 is 40.2 Å². The highest BCUT2D eigenvalue weighted by molar-refractivity contribution is 6.48. The maximum absolute atomic E-state index is 15.2. The highest BCUT2D eigenvalue weighted by atomic mass is 35.5. The molecule has 4 aliphatic heterocycles. The summed E-state index contributed by atoms with van der Waals surface area (Å²) in [6.07, 6.45) is 17.1. The van der Waals surface area contributed by atoms with Crippen molar-refractivity contribution in [2.75, 3.05) is 37.6 Å². The van der Waals surface area contributed by atoms with Gasteiger partial charge in [-0.25, -0.2) is 4.39 Å². The molecule has 3 saturated heterocycles. The van der Waals surface area contributed by atoms with Crippen molar-refractivity contribution in [2.24, 2.45) is 11.3 Å². The molecular weight excluding hydrogens is 725 g/mol. The summed E-state index contributed by atoms with van der Waals surface area (Å²) in [7, 11) is 0. The van der Waals surface area contributed by atoms with Gasteiger partial charge in [0.25, 0.3) is 5.56 Å². The van der Waals surface area contributed by atoms with Crippen LogP contribution in [0.4, 0.5) is 10.1 Å². The van der Waals surface area contributed by atoms with Gasteiger partial charge >= 0.3 is 0 Å². The van der Waals surface area contributed by atoms with Gasteiger partial charge in [-0.1, -0.05) is 61.7 Å². The topological polar surface area (TPSA) is 87.5 Å². The maximum atomic E-state index is 15.2. The Morgan fingerprint density at radius 2 is 1.73 bits per heavy atom. The molecule has 1 aromatic heterocycles. The third kappa shape index (κ3) is 6.47. The summed E-state index contributed by atoms with van der Waals surface area (Å²) in [6.45, 7) is 11.1. The molecule has 0 bridgehead atoms. The zero-order chi connectivity index (χ0) is 38.8. The Hall–Kier alpha value is -4.08. The fourth-order valence-electron chi connectivity index (χ4n) is 11.6. The minimum Gasteiger partial charge on any atom is -0.371 e. The number of allylic oxidation sites excluding steroid dienone is 1. The molecule has 5 heterocycles. The van der Waals surface area contributed by atoms with Gasteiger partial charge < -0.3 is 9.80 Å². The molecule has 2 amide bonds. The molecule has 56 heavy (non-hydrogen) atoms. The van der Waals surface area contributed by atoms with E-state index in [-0.39, 0.29) is 34.2 Å². The first kappa shape index (κ1) is 37.5. The van der Waals surface area contributed by atoms with Gasteiger partial charge in [0, 0.05) is 42.3 Å². The monoisotopic (exact) mass is 777 g/mol. The first-order valence-electron chi connectivity index (χ1n) is 21.0. The van der Waals surface area contributed by atoms with Crippen LogP contribution in [0.1, 0.15) is 136 Å². The third-order valence-corrected chi connectivity index (χ3v) is 14.6. The minimum absolute atomic E-state index is 0.232. The first-order chi connectivity index (χ1) is 27.1. The number of benzene rings is 2. The van der Waals surface area contributed by atoms with E-state index in [1.165, 1.54) is 36.9 Å². The SMILES string of the molecule is C=C(Cl)c1c(/C=C\C)n2c(nc1=O)C1(CCCCC1)c1ccc(C3CCN(CC4CC5(CCN(c6ccc(C7CCC(=O)NC7=O)c(F)c6)CC5)C4)CC3)cc1-2. The maximum Gasteiger partial charge on any atom is 0.282 e. The van der Waals surface area contributed by atoms with Crippen molar-refractivity contribution in [3.8, 4) is 5.69 Å². The predicted molar refractivity (Wildman–Crippen MR) is 220 cm³/mol. The number of imide groups is 1. The molecule has 0 radical (unpaired) electrons. The molecule has 1 atom stereocenters. The molecule has 8 nitrogen and oxygen atoms in total. The summed E-state index contributed by atoms with van der Waals surface area (Å²) in [5.41, 5.74) is 6.15. The summed E-state index contributed by atoms with van der Waals surface area (Å²) in [5, 5.41) is 2.58. The molecule has 2 spiro atoms. The zero-order valence-corrected chi connectivity index (χ0v) is 33.3. The van der Waals surface area contributed by atoms with E-state index in [9.17, 15) is 14.4 Å². The number of carbonyl (C=O) groups excluding carboxylic acids is 2. The smallest absolute Gasteiger partial charge is 0.282 e. The molecule has 5 fully saturated rings.